The molecule has 0 rings (SSSR count). The van der Waals surface area contributed by atoms with Gasteiger partial charge in [0.2, 0.25) is 0 Å². The topological polar surface area (TPSA) is 102 Å². The number of carbonyl (C=O) groups is 3. The van der Waals surface area contributed by atoms with E-state index in [1.54, 1.807) is 0 Å². The van der Waals surface area contributed by atoms with Crippen LogP contribution >= 0.6 is 0 Å². The minimum absolute atomic E-state index is 0.0497. The van der Waals surface area contributed by atoms with E-state index >= 15 is 0 Å². The molecule has 0 saturated carbocycles. The summed E-state index contributed by atoms with van der Waals surface area (Å²) in [5.41, 5.74) is 0. The summed E-state index contributed by atoms with van der Waals surface area (Å²) >= 11 is 0. The van der Waals surface area contributed by atoms with E-state index in [9.17, 15) is 19.5 Å². The van der Waals surface area contributed by atoms with Crippen LogP contribution in [0.25, 0.3) is 0 Å². The van der Waals surface area contributed by atoms with Gasteiger partial charge in [0.05, 0.1) is 40.3 Å². The molecule has 0 aliphatic rings. The van der Waals surface area contributed by atoms with E-state index in [0.29, 0.717) is 12.8 Å². The minimum atomic E-state index is -1.12. The first kappa shape index (κ1) is 59.3. The fraction of sp³-hybridized carbons (Fsp3) is 0.943. The van der Waals surface area contributed by atoms with Crippen molar-refractivity contribution in [1.29, 1.82) is 0 Å². The van der Waals surface area contributed by atoms with Crippen LogP contribution in [0.5, 0.6) is 0 Å². The molecule has 0 aromatic heterocycles. The molecule has 0 aromatic rings. The fourth-order valence-electron chi connectivity index (χ4n) is 8.37. The third-order valence-corrected chi connectivity index (χ3v) is 12.5. The van der Waals surface area contributed by atoms with Gasteiger partial charge in [-0.2, -0.15) is 0 Å². The van der Waals surface area contributed by atoms with Crippen molar-refractivity contribution in [2.75, 3.05) is 41.0 Å². The van der Waals surface area contributed by atoms with Crippen molar-refractivity contribution in [3.63, 3.8) is 0 Å². The Kier molecular flexibility index (Phi) is 43.7. The van der Waals surface area contributed by atoms with E-state index in [-0.39, 0.29) is 42.7 Å². The lowest BCUT2D eigenvalue weighted by Gasteiger charge is -2.34. The summed E-state index contributed by atoms with van der Waals surface area (Å²) in [7, 11) is 5.43. The van der Waals surface area contributed by atoms with Crippen LogP contribution in [0.1, 0.15) is 271 Å². The molecule has 61 heavy (non-hydrogen) atoms. The van der Waals surface area contributed by atoms with Gasteiger partial charge in [-0.3, -0.25) is 9.59 Å². The maximum atomic E-state index is 12.8. The van der Waals surface area contributed by atoms with Crippen molar-refractivity contribution >= 4 is 17.9 Å². The van der Waals surface area contributed by atoms with E-state index in [1.807, 2.05) is 21.1 Å². The Bertz CT molecular complexity index is 967. The molecule has 2 atom stereocenters. The van der Waals surface area contributed by atoms with E-state index in [0.717, 1.165) is 38.5 Å². The molecule has 0 radical (unpaired) electrons. The number of carboxylic acids is 1. The first-order valence-electron chi connectivity index (χ1n) is 26.6. The molecule has 0 aromatic carbocycles. The molecule has 8 heteroatoms. The van der Waals surface area contributed by atoms with Crippen LogP contribution in [0.3, 0.4) is 0 Å². The van der Waals surface area contributed by atoms with Crippen molar-refractivity contribution < 1.29 is 38.2 Å². The van der Waals surface area contributed by atoms with Crippen molar-refractivity contribution in [2.45, 2.75) is 283 Å². The van der Waals surface area contributed by atoms with E-state index in [1.165, 1.54) is 199 Å². The monoisotopic (exact) mass is 866 g/mol. The number of rotatable bonds is 49. The Morgan fingerprint density at radius 3 is 1.02 bits per heavy atom. The molecular formula is C53H103NO7. The molecule has 0 saturated heterocycles. The van der Waals surface area contributed by atoms with Crippen molar-refractivity contribution in [3.8, 4) is 0 Å². The highest BCUT2D eigenvalue weighted by Crippen LogP contribution is 2.17. The molecule has 0 spiro atoms. The van der Waals surface area contributed by atoms with Gasteiger partial charge >= 0.3 is 11.9 Å². The molecule has 8 nitrogen and oxygen atoms in total. The zero-order chi connectivity index (χ0) is 44.9. The van der Waals surface area contributed by atoms with Crippen LogP contribution in [0.15, 0.2) is 0 Å². The Labute approximate surface area is 378 Å². The highest BCUT2D eigenvalue weighted by molar-refractivity contribution is 5.70. The maximum absolute atomic E-state index is 12.8. The second kappa shape index (κ2) is 44.9. The number of esters is 2. The summed E-state index contributed by atoms with van der Waals surface area (Å²) in [5.74, 6) is -1.71. The first-order valence-corrected chi connectivity index (χ1v) is 26.6. The number of ether oxygens (including phenoxy) is 3. The largest absolute Gasteiger partial charge is 0.544 e. The molecule has 0 amide bonds. The van der Waals surface area contributed by atoms with E-state index < -0.39 is 18.1 Å². The molecule has 0 bridgehead atoms. The summed E-state index contributed by atoms with van der Waals surface area (Å²) in [4.78, 5) is 37.0. The maximum Gasteiger partial charge on any atom is 0.306 e. The lowest BCUT2D eigenvalue weighted by Crippen LogP contribution is -2.55. The SMILES string of the molecule is CCCCCCCCCCCCCCCCCCCCCCCCCCC(=O)OC(COCCC(C(=O)[O-])[N+](C)(C)C)COC(=O)CCCCCCCCCCCCCCC. The van der Waals surface area contributed by atoms with Gasteiger partial charge in [0.1, 0.15) is 12.6 Å². The van der Waals surface area contributed by atoms with Crippen molar-refractivity contribution in [2.24, 2.45) is 0 Å². The number of quaternary nitrogens is 1. The van der Waals surface area contributed by atoms with Gasteiger partial charge in [0, 0.05) is 19.3 Å². The standard InChI is InChI=1S/C53H103NO7/c1-6-8-10-12-14-16-18-20-21-22-23-24-25-26-27-28-29-30-32-34-36-38-40-42-44-52(56)61-49(47-59-46-45-50(53(57)58)54(3,4)5)48-60-51(55)43-41-39-37-35-33-31-19-17-15-13-11-9-7-2/h49-50H,6-48H2,1-5H3. The summed E-state index contributed by atoms with van der Waals surface area (Å²) in [6.07, 6.45) is 48.5. The van der Waals surface area contributed by atoms with Gasteiger partial charge in [0.15, 0.2) is 6.10 Å². The highest BCUT2D eigenvalue weighted by atomic mass is 16.6. The molecule has 0 fully saturated rings. The average Bonchev–Trinajstić information content (AvgIpc) is 3.22. The Morgan fingerprint density at radius 2 is 0.721 bits per heavy atom. The Hall–Kier alpha value is -1.67. The van der Waals surface area contributed by atoms with Crippen LogP contribution in [0.2, 0.25) is 0 Å². The van der Waals surface area contributed by atoms with Crippen LogP contribution in [0, 0.1) is 0 Å². The van der Waals surface area contributed by atoms with Crippen LogP contribution < -0.4 is 5.11 Å². The fourth-order valence-corrected chi connectivity index (χ4v) is 8.37. The predicted octanol–water partition coefficient (Wildman–Crippen LogP) is 13.9. The first-order chi connectivity index (χ1) is 29.6. The number of hydrogen-bond donors (Lipinski definition) is 0. The Morgan fingerprint density at radius 1 is 0.426 bits per heavy atom. The minimum Gasteiger partial charge on any atom is -0.544 e. The molecule has 0 heterocycles. The molecule has 0 aliphatic carbocycles. The zero-order valence-corrected chi connectivity index (χ0v) is 41.4. The van der Waals surface area contributed by atoms with Gasteiger partial charge in [-0.05, 0) is 12.8 Å². The van der Waals surface area contributed by atoms with E-state index in [2.05, 4.69) is 13.8 Å². The number of hydrogen-bond acceptors (Lipinski definition) is 7. The third kappa shape index (κ3) is 43.4. The molecule has 362 valence electrons. The molecule has 2 unspecified atom stereocenters. The van der Waals surface area contributed by atoms with Gasteiger partial charge in [0.25, 0.3) is 0 Å². The third-order valence-electron chi connectivity index (χ3n) is 12.5. The molecule has 0 N–H and O–H groups in total. The number of nitrogens with zero attached hydrogens (tertiary/aromatic N) is 1. The van der Waals surface area contributed by atoms with Crippen LogP contribution in [-0.2, 0) is 28.6 Å². The summed E-state index contributed by atoms with van der Waals surface area (Å²) in [6.45, 7) is 4.72. The smallest absolute Gasteiger partial charge is 0.306 e. The highest BCUT2D eigenvalue weighted by Gasteiger charge is 2.25. The van der Waals surface area contributed by atoms with E-state index in [4.69, 9.17) is 14.2 Å². The second-order valence-electron chi connectivity index (χ2n) is 19.5. The number of carboxylic acid groups (broad SMARTS) is 1. The average molecular weight is 866 g/mol. The van der Waals surface area contributed by atoms with Crippen LogP contribution in [0.4, 0.5) is 0 Å². The summed E-state index contributed by atoms with van der Waals surface area (Å²) in [6, 6.07) is -0.720. The Balaban J connectivity index is 4.10. The molecular weight excluding hydrogens is 763 g/mol. The predicted molar refractivity (Wildman–Crippen MR) is 255 cm³/mol. The number of unbranched alkanes of at least 4 members (excludes halogenated alkanes) is 35. The van der Waals surface area contributed by atoms with Gasteiger partial charge in [-0.1, -0.05) is 239 Å². The number of likely N-dealkylation sites (N-methyl/N-ethyl adjacent to an activating group) is 1. The number of aliphatic carboxylic acids is 1. The quantitative estimate of drug-likeness (QED) is 0.0341. The zero-order valence-electron chi connectivity index (χ0n) is 41.4. The van der Waals surface area contributed by atoms with Crippen LogP contribution in [-0.4, -0.2) is 75.5 Å². The molecule has 0 aliphatic heterocycles. The lowest BCUT2D eigenvalue weighted by molar-refractivity contribution is -0.889. The number of carbonyl (C=O) groups excluding carboxylic acids is 3. The normalized spacial score (nSPS) is 12.7. The van der Waals surface area contributed by atoms with Gasteiger partial charge in [-0.15, -0.1) is 0 Å². The second-order valence-corrected chi connectivity index (χ2v) is 19.5. The van der Waals surface area contributed by atoms with Crippen molar-refractivity contribution in [3.05, 3.63) is 0 Å². The van der Waals surface area contributed by atoms with Crippen molar-refractivity contribution in [1.82, 2.24) is 0 Å². The van der Waals surface area contributed by atoms with Gasteiger partial charge < -0.3 is 28.6 Å². The van der Waals surface area contributed by atoms with Gasteiger partial charge in [-0.25, -0.2) is 0 Å². The summed E-state index contributed by atoms with van der Waals surface area (Å²) < 4.78 is 17.3. The summed E-state index contributed by atoms with van der Waals surface area (Å²) in [5, 5.41) is 11.7. The lowest BCUT2D eigenvalue weighted by atomic mass is 10.0.